The van der Waals surface area contributed by atoms with E-state index in [1.54, 1.807) is 0 Å². The van der Waals surface area contributed by atoms with Gasteiger partial charge in [0.1, 0.15) is 0 Å². The first-order chi connectivity index (χ1) is 8.19. The molecule has 3 N–H and O–H groups in total. The van der Waals surface area contributed by atoms with E-state index in [2.05, 4.69) is 36.2 Å². The van der Waals surface area contributed by atoms with Gasteiger partial charge in [-0.2, -0.15) is 0 Å². The molecule has 0 radical (unpaired) electrons. The Bertz CT molecular complexity index is 198. The van der Waals surface area contributed by atoms with Crippen molar-refractivity contribution >= 4 is 0 Å². The molecule has 17 heavy (non-hydrogen) atoms. The second-order valence-electron chi connectivity index (χ2n) is 5.43. The summed E-state index contributed by atoms with van der Waals surface area (Å²) in [6.07, 6.45) is 6.46. The summed E-state index contributed by atoms with van der Waals surface area (Å²) in [6, 6.07) is 0.986. The minimum absolute atomic E-state index is 0.430. The molecule has 0 amide bonds. The average molecular weight is 242 g/mol. The van der Waals surface area contributed by atoms with Crippen LogP contribution in [-0.4, -0.2) is 55.6 Å². The van der Waals surface area contributed by atoms with Gasteiger partial charge in [0.15, 0.2) is 0 Å². The molecule has 1 rings (SSSR count). The molecule has 0 aromatic heterocycles. The second-order valence-corrected chi connectivity index (χ2v) is 5.43. The number of likely N-dealkylation sites (N-methyl/N-ethyl adjacent to an activating group) is 2. The molecule has 0 aromatic carbocycles. The van der Waals surface area contributed by atoms with E-state index >= 15 is 0 Å². The summed E-state index contributed by atoms with van der Waals surface area (Å²) in [5, 5.41) is 0. The van der Waals surface area contributed by atoms with Gasteiger partial charge in [-0.15, -0.1) is 0 Å². The molecule has 1 aliphatic heterocycles. The standard InChI is InChI=1S/C13H30N4/c1-4-5-6-7-8-12(15-14)13-11-16(2)9-10-17(13)3/h12-13,15H,4-11,14H2,1-3H3. The van der Waals surface area contributed by atoms with Crippen molar-refractivity contribution < 1.29 is 0 Å². The van der Waals surface area contributed by atoms with Crippen molar-refractivity contribution in [1.82, 2.24) is 15.2 Å². The van der Waals surface area contributed by atoms with E-state index in [1.807, 2.05) is 0 Å². The Kier molecular flexibility index (Phi) is 7.04. The van der Waals surface area contributed by atoms with E-state index in [4.69, 9.17) is 5.84 Å². The van der Waals surface area contributed by atoms with Gasteiger partial charge in [-0.05, 0) is 20.5 Å². The van der Waals surface area contributed by atoms with Crippen LogP contribution >= 0.6 is 0 Å². The molecule has 1 saturated heterocycles. The van der Waals surface area contributed by atoms with Gasteiger partial charge in [-0.3, -0.25) is 16.2 Å². The van der Waals surface area contributed by atoms with E-state index in [0.29, 0.717) is 12.1 Å². The van der Waals surface area contributed by atoms with Gasteiger partial charge >= 0.3 is 0 Å². The van der Waals surface area contributed by atoms with Crippen molar-refractivity contribution in [1.29, 1.82) is 0 Å². The molecule has 4 heteroatoms. The molecule has 0 bridgehead atoms. The van der Waals surface area contributed by atoms with Gasteiger partial charge in [-0.1, -0.05) is 32.6 Å². The summed E-state index contributed by atoms with van der Waals surface area (Å²) in [5.74, 6) is 5.73. The van der Waals surface area contributed by atoms with Gasteiger partial charge in [0.25, 0.3) is 0 Å². The number of piperazine rings is 1. The highest BCUT2D eigenvalue weighted by Crippen LogP contribution is 2.15. The van der Waals surface area contributed by atoms with Gasteiger partial charge in [0.2, 0.25) is 0 Å². The Labute approximate surface area is 106 Å². The fourth-order valence-electron chi connectivity index (χ4n) is 2.66. The summed E-state index contributed by atoms with van der Waals surface area (Å²) >= 11 is 0. The Morgan fingerprint density at radius 2 is 2.00 bits per heavy atom. The number of nitrogens with zero attached hydrogens (tertiary/aromatic N) is 2. The third-order valence-corrected chi connectivity index (χ3v) is 3.95. The smallest absolute Gasteiger partial charge is 0.0387 e. The fraction of sp³-hybridized carbons (Fsp3) is 1.00. The number of hydrazine groups is 1. The first-order valence-electron chi connectivity index (χ1n) is 7.04. The van der Waals surface area contributed by atoms with Crippen LogP contribution in [0.5, 0.6) is 0 Å². The number of hydrogen-bond donors (Lipinski definition) is 2. The quantitative estimate of drug-likeness (QED) is 0.398. The Morgan fingerprint density at radius 3 is 2.65 bits per heavy atom. The zero-order valence-corrected chi connectivity index (χ0v) is 11.8. The molecule has 0 saturated carbocycles. The van der Waals surface area contributed by atoms with Crippen molar-refractivity contribution in [3.63, 3.8) is 0 Å². The SMILES string of the molecule is CCCCCCC(NN)C1CN(C)CCN1C. The van der Waals surface area contributed by atoms with Crippen LogP contribution < -0.4 is 11.3 Å². The first kappa shape index (κ1) is 14.9. The van der Waals surface area contributed by atoms with Crippen LogP contribution in [0.25, 0.3) is 0 Å². The maximum absolute atomic E-state index is 5.73. The lowest BCUT2D eigenvalue weighted by molar-refractivity contribution is 0.0845. The Morgan fingerprint density at radius 1 is 1.24 bits per heavy atom. The van der Waals surface area contributed by atoms with E-state index < -0.39 is 0 Å². The minimum atomic E-state index is 0.430. The van der Waals surface area contributed by atoms with E-state index in [9.17, 15) is 0 Å². The van der Waals surface area contributed by atoms with Crippen LogP contribution in [0.15, 0.2) is 0 Å². The predicted octanol–water partition coefficient (Wildman–Crippen LogP) is 1.03. The normalized spacial score (nSPS) is 25.1. The van der Waals surface area contributed by atoms with Crippen molar-refractivity contribution in [2.45, 2.75) is 51.1 Å². The lowest BCUT2D eigenvalue weighted by atomic mass is 9.98. The summed E-state index contributed by atoms with van der Waals surface area (Å²) < 4.78 is 0. The third kappa shape index (κ3) is 4.92. The lowest BCUT2D eigenvalue weighted by Gasteiger charge is -2.41. The van der Waals surface area contributed by atoms with Crippen LogP contribution in [0.4, 0.5) is 0 Å². The van der Waals surface area contributed by atoms with Crippen molar-refractivity contribution in [2.24, 2.45) is 5.84 Å². The van der Waals surface area contributed by atoms with Crippen molar-refractivity contribution in [3.8, 4) is 0 Å². The Balaban J connectivity index is 2.36. The maximum atomic E-state index is 5.73. The molecule has 2 atom stereocenters. The zero-order chi connectivity index (χ0) is 12.7. The Hall–Kier alpha value is -0.160. The number of unbranched alkanes of at least 4 members (excludes halogenated alkanes) is 3. The second kappa shape index (κ2) is 8.03. The molecule has 0 spiro atoms. The monoisotopic (exact) mass is 242 g/mol. The molecule has 1 aliphatic rings. The molecule has 1 fully saturated rings. The highest BCUT2D eigenvalue weighted by molar-refractivity contribution is 4.87. The predicted molar refractivity (Wildman–Crippen MR) is 73.8 cm³/mol. The maximum Gasteiger partial charge on any atom is 0.0387 e. The third-order valence-electron chi connectivity index (χ3n) is 3.95. The minimum Gasteiger partial charge on any atom is -0.303 e. The summed E-state index contributed by atoms with van der Waals surface area (Å²) in [7, 11) is 4.42. The summed E-state index contributed by atoms with van der Waals surface area (Å²) in [4.78, 5) is 4.85. The number of nitrogens with two attached hydrogens (primary N) is 1. The largest absolute Gasteiger partial charge is 0.303 e. The molecule has 1 heterocycles. The highest BCUT2D eigenvalue weighted by atomic mass is 15.3. The average Bonchev–Trinajstić information content (AvgIpc) is 2.33. The first-order valence-corrected chi connectivity index (χ1v) is 7.04. The fourth-order valence-corrected chi connectivity index (χ4v) is 2.66. The molecular weight excluding hydrogens is 212 g/mol. The molecule has 2 unspecified atom stereocenters. The van der Waals surface area contributed by atoms with Crippen LogP contribution in [0.1, 0.15) is 39.0 Å². The lowest BCUT2D eigenvalue weighted by Crippen LogP contribution is -2.59. The zero-order valence-electron chi connectivity index (χ0n) is 11.8. The summed E-state index contributed by atoms with van der Waals surface area (Å²) in [5.41, 5.74) is 3.03. The van der Waals surface area contributed by atoms with Crippen LogP contribution in [0.3, 0.4) is 0 Å². The van der Waals surface area contributed by atoms with Gasteiger partial charge < -0.3 is 4.90 Å². The number of nitrogens with one attached hydrogen (secondary N) is 1. The van der Waals surface area contributed by atoms with Crippen LogP contribution in [0, 0.1) is 0 Å². The van der Waals surface area contributed by atoms with Crippen molar-refractivity contribution in [2.75, 3.05) is 33.7 Å². The van der Waals surface area contributed by atoms with E-state index in [0.717, 1.165) is 13.1 Å². The van der Waals surface area contributed by atoms with Crippen molar-refractivity contribution in [3.05, 3.63) is 0 Å². The summed E-state index contributed by atoms with van der Waals surface area (Å²) in [6.45, 7) is 5.69. The molecule has 102 valence electrons. The van der Waals surface area contributed by atoms with Gasteiger partial charge in [0, 0.05) is 31.7 Å². The molecule has 4 nitrogen and oxygen atoms in total. The molecule has 0 aromatic rings. The van der Waals surface area contributed by atoms with Gasteiger partial charge in [0.05, 0.1) is 0 Å². The van der Waals surface area contributed by atoms with E-state index in [1.165, 1.54) is 38.6 Å². The van der Waals surface area contributed by atoms with E-state index in [-0.39, 0.29) is 0 Å². The number of hydrogen-bond acceptors (Lipinski definition) is 4. The molecular formula is C13H30N4. The highest BCUT2D eigenvalue weighted by Gasteiger charge is 2.28. The van der Waals surface area contributed by atoms with Crippen LogP contribution in [0.2, 0.25) is 0 Å². The topological polar surface area (TPSA) is 44.5 Å². The van der Waals surface area contributed by atoms with Crippen LogP contribution in [-0.2, 0) is 0 Å². The van der Waals surface area contributed by atoms with Gasteiger partial charge in [-0.25, -0.2) is 0 Å². The number of rotatable bonds is 7. The molecule has 0 aliphatic carbocycles.